The van der Waals surface area contributed by atoms with Gasteiger partial charge in [-0.3, -0.25) is 0 Å². The molecule has 0 amide bonds. The Morgan fingerprint density at radius 2 is 2.00 bits per heavy atom. The summed E-state index contributed by atoms with van der Waals surface area (Å²) in [5.41, 5.74) is 8.19. The second kappa shape index (κ2) is 5.08. The van der Waals surface area contributed by atoms with E-state index >= 15 is 0 Å². The number of aromatic nitrogens is 2. The fourth-order valence-corrected chi connectivity index (χ4v) is 2.40. The molecule has 0 radical (unpaired) electrons. The van der Waals surface area contributed by atoms with Crippen LogP contribution in [0, 0.1) is 12.8 Å². The number of rotatable bonds is 4. The maximum Gasteiger partial charge on any atom is 0.107 e. The molecule has 1 heterocycles. The summed E-state index contributed by atoms with van der Waals surface area (Å²) in [6.45, 7) is 6.12. The van der Waals surface area contributed by atoms with E-state index in [0.29, 0.717) is 5.92 Å². The predicted octanol–water partition coefficient (Wildman–Crippen LogP) is 1.86. The summed E-state index contributed by atoms with van der Waals surface area (Å²) in [5, 5.41) is 9.67. The van der Waals surface area contributed by atoms with Crippen LogP contribution in [0.1, 0.15) is 25.7 Å². The third-order valence-electron chi connectivity index (χ3n) is 3.50. The molecule has 18 heavy (non-hydrogen) atoms. The van der Waals surface area contributed by atoms with Crippen LogP contribution in [0.25, 0.3) is 11.0 Å². The summed E-state index contributed by atoms with van der Waals surface area (Å²) in [6.07, 6.45) is 0. The molecule has 0 spiro atoms. The van der Waals surface area contributed by atoms with Gasteiger partial charge in [0, 0.05) is 6.04 Å². The van der Waals surface area contributed by atoms with Crippen LogP contribution in [0.5, 0.6) is 0 Å². The molecule has 0 saturated carbocycles. The second-order valence-electron chi connectivity index (χ2n) is 5.09. The van der Waals surface area contributed by atoms with Gasteiger partial charge in [0.25, 0.3) is 0 Å². The third-order valence-corrected chi connectivity index (χ3v) is 3.50. The standard InChI is InChI=1S/C14H21N3O/c1-9(2)14(15)13(8-18)17-10(3)16-11-6-4-5-7-12(11)17/h4-7,9,13-14,18H,8,15H2,1-3H3. The number of fused-ring (bicyclic) bond motifs is 1. The highest BCUT2D eigenvalue weighted by atomic mass is 16.3. The van der Waals surface area contributed by atoms with Crippen molar-refractivity contribution in [2.45, 2.75) is 32.9 Å². The Hall–Kier alpha value is -1.39. The highest BCUT2D eigenvalue weighted by molar-refractivity contribution is 5.76. The number of nitrogens with two attached hydrogens (primary N) is 1. The summed E-state index contributed by atoms with van der Waals surface area (Å²) in [6, 6.07) is 7.73. The number of aliphatic hydroxyl groups excluding tert-OH is 1. The minimum atomic E-state index is -0.127. The van der Waals surface area contributed by atoms with Gasteiger partial charge in [-0.15, -0.1) is 0 Å². The largest absolute Gasteiger partial charge is 0.394 e. The Bertz CT molecular complexity index is 533. The van der Waals surface area contributed by atoms with Crippen LogP contribution in [0.2, 0.25) is 0 Å². The van der Waals surface area contributed by atoms with Gasteiger partial charge in [-0.2, -0.15) is 0 Å². The zero-order valence-corrected chi connectivity index (χ0v) is 11.2. The van der Waals surface area contributed by atoms with Crippen LogP contribution in [-0.2, 0) is 0 Å². The van der Waals surface area contributed by atoms with Crippen LogP contribution in [0.3, 0.4) is 0 Å². The molecule has 0 aliphatic carbocycles. The van der Waals surface area contributed by atoms with E-state index in [-0.39, 0.29) is 18.7 Å². The van der Waals surface area contributed by atoms with Crippen molar-refractivity contribution in [3.63, 3.8) is 0 Å². The Kier molecular flexibility index (Phi) is 3.68. The van der Waals surface area contributed by atoms with E-state index in [1.807, 2.05) is 31.2 Å². The lowest BCUT2D eigenvalue weighted by Crippen LogP contribution is -2.39. The van der Waals surface area contributed by atoms with Crippen molar-refractivity contribution in [3.8, 4) is 0 Å². The number of nitrogens with zero attached hydrogens (tertiary/aromatic N) is 2. The Morgan fingerprint density at radius 1 is 1.33 bits per heavy atom. The van der Waals surface area contributed by atoms with Crippen LogP contribution in [0.15, 0.2) is 24.3 Å². The van der Waals surface area contributed by atoms with Gasteiger partial charge < -0.3 is 15.4 Å². The van der Waals surface area contributed by atoms with E-state index in [1.54, 1.807) is 0 Å². The number of imidazole rings is 1. The second-order valence-corrected chi connectivity index (χ2v) is 5.09. The molecule has 0 aliphatic rings. The topological polar surface area (TPSA) is 64.1 Å². The smallest absolute Gasteiger partial charge is 0.107 e. The van der Waals surface area contributed by atoms with E-state index in [2.05, 4.69) is 23.4 Å². The van der Waals surface area contributed by atoms with Gasteiger partial charge in [-0.1, -0.05) is 26.0 Å². The molecular weight excluding hydrogens is 226 g/mol. The number of para-hydroxylation sites is 2. The minimum Gasteiger partial charge on any atom is -0.394 e. The molecule has 3 N–H and O–H groups in total. The van der Waals surface area contributed by atoms with Crippen molar-refractivity contribution in [2.75, 3.05) is 6.61 Å². The van der Waals surface area contributed by atoms with Crippen molar-refractivity contribution in [1.82, 2.24) is 9.55 Å². The molecular formula is C14H21N3O. The van der Waals surface area contributed by atoms with Gasteiger partial charge in [0.1, 0.15) is 5.82 Å². The molecule has 1 aromatic heterocycles. The van der Waals surface area contributed by atoms with Gasteiger partial charge in [0.15, 0.2) is 0 Å². The van der Waals surface area contributed by atoms with Crippen molar-refractivity contribution in [2.24, 2.45) is 11.7 Å². The molecule has 0 aliphatic heterocycles. The molecule has 2 atom stereocenters. The summed E-state index contributed by atoms with van der Waals surface area (Å²) in [5.74, 6) is 1.20. The molecule has 4 heteroatoms. The quantitative estimate of drug-likeness (QED) is 0.866. The Morgan fingerprint density at radius 3 is 2.61 bits per heavy atom. The summed E-state index contributed by atoms with van der Waals surface area (Å²) >= 11 is 0. The number of aliphatic hydroxyl groups is 1. The van der Waals surface area contributed by atoms with Gasteiger partial charge in [-0.05, 0) is 25.0 Å². The first-order valence-electron chi connectivity index (χ1n) is 6.36. The van der Waals surface area contributed by atoms with E-state index in [9.17, 15) is 5.11 Å². The van der Waals surface area contributed by atoms with Crippen molar-refractivity contribution >= 4 is 11.0 Å². The van der Waals surface area contributed by atoms with Crippen LogP contribution in [0.4, 0.5) is 0 Å². The predicted molar refractivity (Wildman–Crippen MR) is 73.4 cm³/mol. The number of benzene rings is 1. The fraction of sp³-hybridized carbons (Fsp3) is 0.500. The van der Waals surface area contributed by atoms with E-state index in [1.165, 1.54) is 0 Å². The highest BCUT2D eigenvalue weighted by Gasteiger charge is 2.24. The fourth-order valence-electron chi connectivity index (χ4n) is 2.40. The summed E-state index contributed by atoms with van der Waals surface area (Å²) in [7, 11) is 0. The lowest BCUT2D eigenvalue weighted by atomic mass is 9.97. The average Bonchev–Trinajstić information content (AvgIpc) is 2.67. The van der Waals surface area contributed by atoms with Gasteiger partial charge in [0.05, 0.1) is 23.7 Å². The first-order valence-corrected chi connectivity index (χ1v) is 6.36. The van der Waals surface area contributed by atoms with Gasteiger partial charge in [-0.25, -0.2) is 4.98 Å². The lowest BCUT2D eigenvalue weighted by molar-refractivity contribution is 0.190. The SMILES string of the molecule is Cc1nc2ccccc2n1C(CO)C(N)C(C)C. The van der Waals surface area contributed by atoms with Crippen molar-refractivity contribution in [1.29, 1.82) is 0 Å². The molecule has 0 saturated heterocycles. The normalized spacial score (nSPS) is 15.2. The van der Waals surface area contributed by atoms with E-state index < -0.39 is 0 Å². The number of hydrogen-bond acceptors (Lipinski definition) is 3. The molecule has 2 rings (SSSR count). The van der Waals surface area contributed by atoms with Crippen molar-refractivity contribution in [3.05, 3.63) is 30.1 Å². The maximum atomic E-state index is 9.67. The summed E-state index contributed by atoms with van der Waals surface area (Å²) < 4.78 is 2.06. The lowest BCUT2D eigenvalue weighted by Gasteiger charge is -2.28. The monoisotopic (exact) mass is 247 g/mol. The Labute approximate surface area is 107 Å². The number of hydrogen-bond donors (Lipinski definition) is 2. The molecule has 0 bridgehead atoms. The molecule has 1 aromatic carbocycles. The molecule has 2 unspecified atom stereocenters. The molecule has 2 aromatic rings. The zero-order chi connectivity index (χ0) is 13.3. The van der Waals surface area contributed by atoms with Crippen molar-refractivity contribution < 1.29 is 5.11 Å². The number of aryl methyl sites for hydroxylation is 1. The maximum absolute atomic E-state index is 9.67. The molecule has 0 fully saturated rings. The minimum absolute atomic E-state index is 0.0283. The van der Waals surface area contributed by atoms with Crippen LogP contribution >= 0.6 is 0 Å². The van der Waals surface area contributed by atoms with Gasteiger partial charge >= 0.3 is 0 Å². The zero-order valence-electron chi connectivity index (χ0n) is 11.2. The van der Waals surface area contributed by atoms with E-state index in [0.717, 1.165) is 16.9 Å². The first-order chi connectivity index (χ1) is 8.56. The molecule has 4 nitrogen and oxygen atoms in total. The van der Waals surface area contributed by atoms with Gasteiger partial charge in [0.2, 0.25) is 0 Å². The highest BCUT2D eigenvalue weighted by Crippen LogP contribution is 2.24. The summed E-state index contributed by atoms with van der Waals surface area (Å²) in [4.78, 5) is 4.52. The first kappa shape index (κ1) is 13.1. The van der Waals surface area contributed by atoms with Crippen LogP contribution in [-0.4, -0.2) is 27.3 Å². The van der Waals surface area contributed by atoms with Crippen LogP contribution < -0.4 is 5.73 Å². The average molecular weight is 247 g/mol. The Balaban J connectivity index is 2.54. The third kappa shape index (κ3) is 2.13. The molecule has 98 valence electrons. The van der Waals surface area contributed by atoms with E-state index in [4.69, 9.17) is 5.73 Å².